The van der Waals surface area contributed by atoms with Crippen LogP contribution in [0.1, 0.15) is 47.8 Å². The largest absolute Gasteiger partial charge is 0.483 e. The smallest absolute Gasteiger partial charge is 0.419 e. The van der Waals surface area contributed by atoms with Gasteiger partial charge in [-0.3, -0.25) is 4.90 Å². The molecule has 1 aliphatic rings. The highest BCUT2D eigenvalue weighted by Crippen LogP contribution is 2.42. The highest BCUT2D eigenvalue weighted by atomic mass is 19.4. The summed E-state index contributed by atoms with van der Waals surface area (Å²) in [6.07, 6.45) is -0.764. The van der Waals surface area contributed by atoms with Crippen LogP contribution in [-0.4, -0.2) is 31.2 Å². The van der Waals surface area contributed by atoms with E-state index >= 15 is 8.78 Å². The summed E-state index contributed by atoms with van der Waals surface area (Å²) in [6, 6.07) is 18.8. The lowest BCUT2D eigenvalue weighted by Gasteiger charge is -2.34. The van der Waals surface area contributed by atoms with E-state index in [0.717, 1.165) is 37.9 Å². The monoisotopic (exact) mass is 593 g/mol. The van der Waals surface area contributed by atoms with Crippen molar-refractivity contribution in [3.63, 3.8) is 0 Å². The first-order valence-electron chi connectivity index (χ1n) is 13.9. The molecule has 1 fully saturated rings. The molecule has 0 radical (unpaired) electrons. The minimum absolute atomic E-state index is 0.0749. The van der Waals surface area contributed by atoms with Gasteiger partial charge >= 0.3 is 6.18 Å². The molecule has 0 N–H and O–H groups in total. The highest BCUT2D eigenvalue weighted by molar-refractivity contribution is 5.91. The van der Waals surface area contributed by atoms with Gasteiger partial charge in [-0.05, 0) is 36.6 Å². The fourth-order valence-corrected chi connectivity index (χ4v) is 5.55. The third-order valence-corrected chi connectivity index (χ3v) is 7.69. The molecule has 3 aromatic carbocycles. The fourth-order valence-electron chi connectivity index (χ4n) is 5.55. The fraction of sp³-hybridized carbons (Fsp3) is 0.281. The predicted molar refractivity (Wildman–Crippen MR) is 151 cm³/mol. The molecule has 0 spiro atoms. The number of aromatic nitrogens is 4. The maximum Gasteiger partial charge on any atom is 0.419 e. The summed E-state index contributed by atoms with van der Waals surface area (Å²) in [4.78, 5) is 11.6. The maximum atomic E-state index is 15.8. The van der Waals surface area contributed by atoms with Crippen molar-refractivity contribution in [2.45, 2.75) is 44.6 Å². The molecular formula is C32H28F5N5O. The van der Waals surface area contributed by atoms with E-state index in [0.29, 0.717) is 23.1 Å². The SMILES string of the molecule is Cn1nc(-c2cc(C(F)(F)F)c(F)c(OCc3ccccc3)c2F)c2cnc(C3CCCCN3Cc3ccccc3)nc21. The summed E-state index contributed by atoms with van der Waals surface area (Å²) in [6.45, 7) is 1.26. The van der Waals surface area contributed by atoms with Crippen LogP contribution in [0.3, 0.4) is 0 Å². The molecule has 43 heavy (non-hydrogen) atoms. The van der Waals surface area contributed by atoms with E-state index < -0.39 is 34.7 Å². The van der Waals surface area contributed by atoms with Crippen molar-refractivity contribution in [1.29, 1.82) is 0 Å². The van der Waals surface area contributed by atoms with Crippen molar-refractivity contribution in [2.24, 2.45) is 7.05 Å². The number of piperidine rings is 1. The number of halogens is 5. The van der Waals surface area contributed by atoms with Gasteiger partial charge in [-0.2, -0.15) is 18.3 Å². The average Bonchev–Trinajstić information content (AvgIpc) is 3.33. The van der Waals surface area contributed by atoms with Crippen molar-refractivity contribution < 1.29 is 26.7 Å². The maximum absolute atomic E-state index is 15.8. The molecule has 1 atom stereocenters. The van der Waals surface area contributed by atoms with Crippen LogP contribution in [0, 0.1) is 11.6 Å². The summed E-state index contributed by atoms with van der Waals surface area (Å²) >= 11 is 0. The minimum atomic E-state index is -5.10. The van der Waals surface area contributed by atoms with Gasteiger partial charge in [-0.15, -0.1) is 0 Å². The average molecular weight is 594 g/mol. The van der Waals surface area contributed by atoms with E-state index in [1.165, 1.54) is 10.9 Å². The Labute approximate surface area is 244 Å². The Bertz CT molecular complexity index is 1740. The number of hydrogen-bond acceptors (Lipinski definition) is 5. The molecule has 1 unspecified atom stereocenters. The summed E-state index contributed by atoms with van der Waals surface area (Å²) < 4.78 is 79.3. The Balaban J connectivity index is 1.39. The number of nitrogens with zero attached hydrogens (tertiary/aromatic N) is 5. The molecule has 11 heteroatoms. The first kappa shape index (κ1) is 28.7. The lowest BCUT2D eigenvalue weighted by atomic mass is 10.00. The molecule has 3 heterocycles. The molecule has 222 valence electrons. The molecule has 2 aromatic heterocycles. The second-order valence-corrected chi connectivity index (χ2v) is 10.6. The van der Waals surface area contributed by atoms with E-state index in [1.807, 2.05) is 18.2 Å². The summed E-state index contributed by atoms with van der Waals surface area (Å²) in [5.41, 5.74) is -0.316. The van der Waals surface area contributed by atoms with Crippen molar-refractivity contribution in [1.82, 2.24) is 24.6 Å². The molecule has 0 amide bonds. The Morgan fingerprint density at radius 3 is 2.33 bits per heavy atom. The quantitative estimate of drug-likeness (QED) is 0.182. The van der Waals surface area contributed by atoms with Crippen molar-refractivity contribution >= 4 is 11.0 Å². The second-order valence-electron chi connectivity index (χ2n) is 10.6. The zero-order valence-electron chi connectivity index (χ0n) is 23.3. The van der Waals surface area contributed by atoms with Gasteiger partial charge in [0, 0.05) is 25.4 Å². The first-order valence-corrected chi connectivity index (χ1v) is 13.9. The molecule has 1 saturated heterocycles. The number of hydrogen-bond donors (Lipinski definition) is 0. The van der Waals surface area contributed by atoms with Crippen LogP contribution in [-0.2, 0) is 26.4 Å². The van der Waals surface area contributed by atoms with Gasteiger partial charge in [-0.1, -0.05) is 67.1 Å². The Hall–Kier alpha value is -4.38. The molecule has 0 bridgehead atoms. The second kappa shape index (κ2) is 11.7. The number of rotatable bonds is 7. The van der Waals surface area contributed by atoms with E-state index in [2.05, 4.69) is 27.1 Å². The number of likely N-dealkylation sites (tertiary alicyclic amines) is 1. The first-order chi connectivity index (χ1) is 20.7. The number of ether oxygens (including phenoxy) is 1. The number of alkyl halides is 3. The summed E-state index contributed by atoms with van der Waals surface area (Å²) in [5.74, 6) is -3.67. The van der Waals surface area contributed by atoms with Gasteiger partial charge in [0.1, 0.15) is 18.1 Å². The highest BCUT2D eigenvalue weighted by Gasteiger charge is 2.39. The molecule has 6 rings (SSSR count). The molecule has 6 nitrogen and oxygen atoms in total. The standard InChI is InChI=1S/C32H28F5N5O/c1-41-31-23(17-38-30(39-31)25-14-8-9-15-42(25)18-20-10-4-2-5-11-20)28(40-41)22-16-24(32(35,36)37)27(34)29(26(22)33)43-19-21-12-6-3-7-13-21/h2-7,10-13,16-17,25H,8-9,14-15,18-19H2,1H3. The third-order valence-electron chi connectivity index (χ3n) is 7.69. The van der Waals surface area contributed by atoms with Crippen LogP contribution in [0.2, 0.25) is 0 Å². The summed E-state index contributed by atoms with van der Waals surface area (Å²) in [7, 11) is 1.57. The van der Waals surface area contributed by atoms with Crippen LogP contribution in [0.4, 0.5) is 22.0 Å². The van der Waals surface area contributed by atoms with E-state index in [-0.39, 0.29) is 23.7 Å². The zero-order valence-corrected chi connectivity index (χ0v) is 23.3. The van der Waals surface area contributed by atoms with Crippen molar-refractivity contribution in [3.8, 4) is 17.0 Å². The minimum Gasteiger partial charge on any atom is -0.483 e. The zero-order chi connectivity index (χ0) is 30.1. The number of benzene rings is 3. The molecule has 0 saturated carbocycles. The van der Waals surface area contributed by atoms with Crippen molar-refractivity contribution in [2.75, 3.05) is 6.54 Å². The van der Waals surface area contributed by atoms with Gasteiger partial charge in [0.25, 0.3) is 0 Å². The lowest BCUT2D eigenvalue weighted by molar-refractivity contribution is -0.140. The molecular weight excluding hydrogens is 565 g/mol. The third kappa shape index (κ3) is 5.81. The van der Waals surface area contributed by atoms with Gasteiger partial charge in [0.15, 0.2) is 23.0 Å². The Kier molecular flexibility index (Phi) is 7.83. The topological polar surface area (TPSA) is 56.1 Å². The summed E-state index contributed by atoms with van der Waals surface area (Å²) in [5, 5.41) is 4.56. The van der Waals surface area contributed by atoms with Crippen LogP contribution < -0.4 is 4.74 Å². The van der Waals surface area contributed by atoms with Crippen molar-refractivity contribution in [3.05, 3.63) is 107 Å². The van der Waals surface area contributed by atoms with Gasteiger partial charge in [0.05, 0.1) is 17.0 Å². The van der Waals surface area contributed by atoms with Crippen LogP contribution >= 0.6 is 0 Å². The van der Waals surface area contributed by atoms with Gasteiger partial charge < -0.3 is 4.74 Å². The normalized spacial score (nSPS) is 16.1. The Morgan fingerprint density at radius 2 is 1.63 bits per heavy atom. The molecule has 0 aliphatic carbocycles. The van der Waals surface area contributed by atoms with Crippen LogP contribution in [0.5, 0.6) is 5.75 Å². The van der Waals surface area contributed by atoms with E-state index in [1.54, 1.807) is 37.4 Å². The predicted octanol–water partition coefficient (Wildman–Crippen LogP) is 7.63. The van der Waals surface area contributed by atoms with E-state index in [9.17, 15) is 13.2 Å². The molecule has 5 aromatic rings. The number of aryl methyl sites for hydroxylation is 1. The Morgan fingerprint density at radius 1 is 0.930 bits per heavy atom. The van der Waals surface area contributed by atoms with Crippen LogP contribution in [0.15, 0.2) is 72.9 Å². The molecule has 1 aliphatic heterocycles. The number of fused-ring (bicyclic) bond motifs is 1. The lowest BCUT2D eigenvalue weighted by Crippen LogP contribution is -2.34. The van der Waals surface area contributed by atoms with Crippen LogP contribution in [0.25, 0.3) is 22.3 Å². The van der Waals surface area contributed by atoms with Gasteiger partial charge in [0.2, 0.25) is 0 Å². The van der Waals surface area contributed by atoms with Gasteiger partial charge in [-0.25, -0.2) is 23.4 Å². The van der Waals surface area contributed by atoms with E-state index in [4.69, 9.17) is 9.72 Å².